The third-order valence-electron chi connectivity index (χ3n) is 7.84. The predicted octanol–water partition coefficient (Wildman–Crippen LogP) is 3.91. The number of esters is 2. The number of aromatic nitrogens is 2. The van der Waals surface area contributed by atoms with E-state index in [1.54, 1.807) is 58.2 Å². The first-order valence-corrected chi connectivity index (χ1v) is 14.2. The lowest BCUT2D eigenvalue weighted by Crippen LogP contribution is -2.53. The lowest BCUT2D eigenvalue weighted by molar-refractivity contribution is -0.191. The zero-order valence-electron chi connectivity index (χ0n) is 24.9. The average Bonchev–Trinajstić information content (AvgIpc) is 3.53. The van der Waals surface area contributed by atoms with Crippen LogP contribution in [0.15, 0.2) is 29.1 Å². The fourth-order valence-corrected chi connectivity index (χ4v) is 5.70. The minimum absolute atomic E-state index is 0.00774. The number of benzene rings is 1. The number of nitrogens with one attached hydrogen (secondary N) is 1. The van der Waals surface area contributed by atoms with Crippen molar-refractivity contribution in [1.29, 1.82) is 0 Å². The second-order valence-corrected chi connectivity index (χ2v) is 12.3. The molecule has 3 aromatic rings. The van der Waals surface area contributed by atoms with Gasteiger partial charge in [0.25, 0.3) is 5.56 Å². The lowest BCUT2D eigenvalue weighted by atomic mass is 9.85. The first-order chi connectivity index (χ1) is 20.3. The number of carbonyl (C=O) groups is 3. The van der Waals surface area contributed by atoms with Gasteiger partial charge in [-0.3, -0.25) is 4.79 Å². The largest absolute Gasteiger partial charge is 0.457 e. The van der Waals surface area contributed by atoms with Crippen LogP contribution in [-0.4, -0.2) is 46.0 Å². The molecule has 6 rings (SSSR count). The van der Waals surface area contributed by atoms with Gasteiger partial charge in [0, 0.05) is 22.6 Å². The van der Waals surface area contributed by atoms with Gasteiger partial charge in [-0.05, 0) is 51.3 Å². The summed E-state index contributed by atoms with van der Waals surface area (Å²) in [5.41, 5.74) is -0.0482. The zero-order chi connectivity index (χ0) is 30.8. The first-order valence-electron chi connectivity index (χ1n) is 14.2. The van der Waals surface area contributed by atoms with Gasteiger partial charge in [0.15, 0.2) is 11.5 Å². The number of alkyl carbamates (subject to hydrolysis) is 1. The number of cyclic esters (lactones) is 1. The van der Waals surface area contributed by atoms with Gasteiger partial charge in [-0.25, -0.2) is 19.4 Å². The maximum Gasteiger partial charge on any atom is 0.408 e. The molecule has 0 unspecified atom stereocenters. The molecular formula is C31H33N3O9. The van der Waals surface area contributed by atoms with Gasteiger partial charge < -0.3 is 33.6 Å². The number of carbonyl (C=O) groups excluding carboxylic acids is 3. The minimum atomic E-state index is -1.91. The molecule has 43 heavy (non-hydrogen) atoms. The van der Waals surface area contributed by atoms with E-state index >= 15 is 0 Å². The molecule has 1 amide bonds. The van der Waals surface area contributed by atoms with Gasteiger partial charge in [0.2, 0.25) is 12.4 Å². The van der Waals surface area contributed by atoms with E-state index in [0.717, 1.165) is 10.9 Å². The van der Waals surface area contributed by atoms with E-state index in [0.29, 0.717) is 28.4 Å². The van der Waals surface area contributed by atoms with E-state index in [4.69, 9.17) is 28.7 Å². The standard InChI is InChI=1S/C31H33N3O9/c1-7-31(42-27(36)24(15(2)3)33-29(38)43-30(4,5)6)19-10-21-25-17(12-34(21)26(35)18(19)13-39-28(31)37)8-16-9-22-23(41-14-40-22)11-20(16)32-25/h8-11,15,24H,7,12-14H2,1-6H3,(H,33,38)/t24-,31-/m0/s1. The zero-order valence-corrected chi connectivity index (χ0v) is 24.9. The normalized spacial score (nSPS) is 18.9. The maximum absolute atomic E-state index is 13.8. The number of fused-ring (bicyclic) bond motifs is 6. The van der Waals surface area contributed by atoms with Gasteiger partial charge >= 0.3 is 18.0 Å². The molecule has 0 saturated carbocycles. The van der Waals surface area contributed by atoms with Crippen LogP contribution in [0.4, 0.5) is 4.79 Å². The summed E-state index contributed by atoms with van der Waals surface area (Å²) >= 11 is 0. The fourth-order valence-electron chi connectivity index (χ4n) is 5.70. The van der Waals surface area contributed by atoms with E-state index < -0.39 is 41.2 Å². The number of amides is 1. The molecule has 3 aliphatic rings. The molecule has 1 aromatic carbocycles. The monoisotopic (exact) mass is 591 g/mol. The number of pyridine rings is 2. The molecule has 0 aliphatic carbocycles. The Morgan fingerprint density at radius 1 is 1.09 bits per heavy atom. The number of hydrogen-bond acceptors (Lipinski definition) is 10. The summed E-state index contributed by atoms with van der Waals surface area (Å²) in [5.74, 6) is -0.839. The highest BCUT2D eigenvalue weighted by molar-refractivity contribution is 5.90. The highest BCUT2D eigenvalue weighted by Crippen LogP contribution is 2.42. The summed E-state index contributed by atoms with van der Waals surface area (Å²) in [6, 6.07) is 6.16. The third kappa shape index (κ3) is 4.74. The quantitative estimate of drug-likeness (QED) is 0.268. The Balaban J connectivity index is 1.41. The average molecular weight is 592 g/mol. The van der Waals surface area contributed by atoms with Crippen LogP contribution in [0.2, 0.25) is 0 Å². The molecule has 226 valence electrons. The van der Waals surface area contributed by atoms with Crippen molar-refractivity contribution < 1.29 is 38.1 Å². The molecule has 1 N–H and O–H groups in total. The van der Waals surface area contributed by atoms with Gasteiger partial charge in [-0.15, -0.1) is 0 Å². The van der Waals surface area contributed by atoms with Crippen LogP contribution in [0, 0.1) is 5.92 Å². The Morgan fingerprint density at radius 2 is 1.81 bits per heavy atom. The van der Waals surface area contributed by atoms with Crippen molar-refractivity contribution >= 4 is 28.9 Å². The van der Waals surface area contributed by atoms with Crippen molar-refractivity contribution in [3.8, 4) is 22.9 Å². The lowest BCUT2D eigenvalue weighted by Gasteiger charge is -2.37. The molecule has 12 heteroatoms. The van der Waals surface area contributed by atoms with Crippen molar-refractivity contribution in [1.82, 2.24) is 14.9 Å². The number of nitrogens with zero attached hydrogens (tertiary/aromatic N) is 2. The van der Waals surface area contributed by atoms with E-state index in [1.807, 2.05) is 12.1 Å². The van der Waals surface area contributed by atoms with E-state index in [-0.39, 0.29) is 43.1 Å². The van der Waals surface area contributed by atoms with Crippen LogP contribution in [0.25, 0.3) is 22.3 Å². The Labute approximate surface area is 247 Å². The predicted molar refractivity (Wildman–Crippen MR) is 153 cm³/mol. The van der Waals surface area contributed by atoms with Gasteiger partial charge in [-0.1, -0.05) is 20.8 Å². The Bertz CT molecular complexity index is 1750. The Morgan fingerprint density at radius 3 is 2.49 bits per heavy atom. The summed E-state index contributed by atoms with van der Waals surface area (Å²) in [6.07, 6.45) is -0.805. The van der Waals surface area contributed by atoms with E-state index in [2.05, 4.69) is 5.32 Å². The summed E-state index contributed by atoms with van der Waals surface area (Å²) < 4.78 is 29.3. The van der Waals surface area contributed by atoms with E-state index in [1.165, 1.54) is 0 Å². The van der Waals surface area contributed by atoms with Crippen LogP contribution >= 0.6 is 0 Å². The summed E-state index contributed by atoms with van der Waals surface area (Å²) in [7, 11) is 0. The molecule has 3 aliphatic heterocycles. The third-order valence-corrected chi connectivity index (χ3v) is 7.84. The number of hydrogen-bond donors (Lipinski definition) is 1. The Kier molecular flexibility index (Phi) is 6.62. The van der Waals surface area contributed by atoms with Crippen molar-refractivity contribution in [2.24, 2.45) is 5.92 Å². The molecule has 5 heterocycles. The minimum Gasteiger partial charge on any atom is -0.457 e. The molecule has 2 aromatic heterocycles. The SMILES string of the molecule is CC[C@@]1(OC(=O)[C@@H](NC(=O)OC(C)(C)C)C(C)C)C(=O)OCc2c1cc1n(c2=O)Cc2cc3cc4c(cc3nc2-1)OCO4. The van der Waals surface area contributed by atoms with Gasteiger partial charge in [0.1, 0.15) is 18.2 Å². The fraction of sp³-hybridized carbons (Fsp3) is 0.452. The summed E-state index contributed by atoms with van der Waals surface area (Å²) in [5, 5.41) is 3.39. The molecule has 12 nitrogen and oxygen atoms in total. The second kappa shape index (κ2) is 9.99. The van der Waals surface area contributed by atoms with Crippen LogP contribution in [0.5, 0.6) is 11.5 Å². The van der Waals surface area contributed by atoms with Crippen molar-refractivity contribution in [3.05, 3.63) is 51.3 Å². The topological polar surface area (TPSA) is 144 Å². The van der Waals surface area contributed by atoms with Crippen molar-refractivity contribution in [2.75, 3.05) is 6.79 Å². The molecule has 0 saturated heterocycles. The molecule has 0 bridgehead atoms. The Hall–Kier alpha value is -4.61. The summed E-state index contributed by atoms with van der Waals surface area (Å²) in [6.45, 7) is 10.4. The van der Waals surface area contributed by atoms with Crippen LogP contribution in [-0.2, 0) is 42.6 Å². The van der Waals surface area contributed by atoms with Crippen LogP contribution in [0.1, 0.15) is 64.7 Å². The highest BCUT2D eigenvalue weighted by atomic mass is 16.7. The number of ether oxygens (including phenoxy) is 5. The smallest absolute Gasteiger partial charge is 0.408 e. The van der Waals surface area contributed by atoms with Gasteiger partial charge in [-0.2, -0.15) is 0 Å². The molecule has 0 radical (unpaired) electrons. The van der Waals surface area contributed by atoms with Crippen molar-refractivity contribution in [2.45, 2.75) is 78.4 Å². The van der Waals surface area contributed by atoms with Crippen LogP contribution < -0.4 is 20.3 Å². The first kappa shape index (κ1) is 28.5. The summed E-state index contributed by atoms with van der Waals surface area (Å²) in [4.78, 5) is 58.3. The molecular weight excluding hydrogens is 558 g/mol. The molecule has 2 atom stereocenters. The maximum atomic E-state index is 13.8. The van der Waals surface area contributed by atoms with Crippen LogP contribution in [0.3, 0.4) is 0 Å². The molecule has 0 spiro atoms. The van der Waals surface area contributed by atoms with Crippen molar-refractivity contribution in [3.63, 3.8) is 0 Å². The van der Waals surface area contributed by atoms with E-state index in [9.17, 15) is 19.2 Å². The highest BCUT2D eigenvalue weighted by Gasteiger charge is 2.51. The number of rotatable bonds is 5. The van der Waals surface area contributed by atoms with Gasteiger partial charge in [0.05, 0.1) is 29.0 Å². The second-order valence-electron chi connectivity index (χ2n) is 12.3. The molecule has 0 fully saturated rings.